The summed E-state index contributed by atoms with van der Waals surface area (Å²) in [6.45, 7) is 12.7. The van der Waals surface area contributed by atoms with E-state index in [0.29, 0.717) is 5.92 Å². The molecule has 1 fully saturated rings. The average Bonchev–Trinajstić information content (AvgIpc) is 2.72. The predicted octanol–water partition coefficient (Wildman–Crippen LogP) is 3.60. The minimum atomic E-state index is 0.176. The molecule has 158 valence electrons. The lowest BCUT2D eigenvalue weighted by Crippen LogP contribution is -2.43. The fraction of sp³-hybridized carbons (Fsp3) is 0.682. The molecule has 2 rings (SSSR count). The van der Waals surface area contributed by atoms with E-state index in [4.69, 9.17) is 9.73 Å². The Bertz CT molecular complexity index is 595. The molecule has 0 atom stereocenters. The van der Waals surface area contributed by atoms with E-state index in [1.807, 2.05) is 23.9 Å². The van der Waals surface area contributed by atoms with Gasteiger partial charge in [-0.2, -0.15) is 11.8 Å². The molecule has 1 aliphatic heterocycles. The van der Waals surface area contributed by atoms with Crippen LogP contribution in [0.2, 0.25) is 0 Å². The number of benzene rings is 1. The van der Waals surface area contributed by atoms with Gasteiger partial charge in [-0.3, -0.25) is 9.89 Å². The topological polar surface area (TPSA) is 48.9 Å². The summed E-state index contributed by atoms with van der Waals surface area (Å²) >= 11 is 1.86. The molecule has 0 bridgehead atoms. The van der Waals surface area contributed by atoms with Gasteiger partial charge in [-0.05, 0) is 76.6 Å². The van der Waals surface area contributed by atoms with Gasteiger partial charge >= 0.3 is 0 Å². The van der Waals surface area contributed by atoms with E-state index < -0.39 is 0 Å². The van der Waals surface area contributed by atoms with Gasteiger partial charge in [0.25, 0.3) is 0 Å². The normalized spacial score (nSPS) is 16.8. The van der Waals surface area contributed by atoms with Crippen LogP contribution in [0.15, 0.2) is 29.3 Å². The van der Waals surface area contributed by atoms with Crippen molar-refractivity contribution in [1.82, 2.24) is 15.5 Å². The molecule has 5 nitrogen and oxygen atoms in total. The lowest BCUT2D eigenvalue weighted by atomic mass is 9.96. The van der Waals surface area contributed by atoms with Crippen molar-refractivity contribution in [2.45, 2.75) is 44.9 Å². The smallest absolute Gasteiger partial charge is 0.191 e. The number of hydrogen-bond acceptors (Lipinski definition) is 4. The number of hydrogen-bond donors (Lipinski definition) is 2. The van der Waals surface area contributed by atoms with Crippen molar-refractivity contribution in [2.24, 2.45) is 10.9 Å². The molecule has 1 aliphatic rings. The molecule has 0 aliphatic carbocycles. The number of likely N-dealkylation sites (tertiary alicyclic amines) is 1. The first kappa shape index (κ1) is 22.9. The number of piperidine rings is 1. The minimum absolute atomic E-state index is 0.176. The van der Waals surface area contributed by atoms with E-state index >= 15 is 0 Å². The molecule has 1 aromatic rings. The third kappa shape index (κ3) is 7.92. The van der Waals surface area contributed by atoms with Crippen molar-refractivity contribution >= 4 is 17.7 Å². The first-order valence-electron chi connectivity index (χ1n) is 10.4. The second-order valence-electron chi connectivity index (χ2n) is 8.11. The van der Waals surface area contributed by atoms with Crippen molar-refractivity contribution < 1.29 is 4.74 Å². The number of aliphatic imine (C=N–C) groups is 1. The molecule has 0 unspecified atom stereocenters. The number of methoxy groups -OCH3 is 1. The molecule has 28 heavy (non-hydrogen) atoms. The van der Waals surface area contributed by atoms with E-state index in [9.17, 15) is 0 Å². The molecule has 2 N–H and O–H groups in total. The van der Waals surface area contributed by atoms with Crippen LogP contribution in [0.25, 0.3) is 0 Å². The van der Waals surface area contributed by atoms with Gasteiger partial charge < -0.3 is 15.4 Å². The summed E-state index contributed by atoms with van der Waals surface area (Å²) in [5, 5.41) is 6.94. The molecule has 0 saturated carbocycles. The first-order valence-corrected chi connectivity index (χ1v) is 11.6. The maximum absolute atomic E-state index is 5.24. The van der Waals surface area contributed by atoms with Crippen molar-refractivity contribution in [3.63, 3.8) is 0 Å². The van der Waals surface area contributed by atoms with E-state index in [1.165, 1.54) is 18.4 Å². The highest BCUT2D eigenvalue weighted by atomic mass is 32.2. The van der Waals surface area contributed by atoms with Crippen molar-refractivity contribution in [3.8, 4) is 5.75 Å². The summed E-state index contributed by atoms with van der Waals surface area (Å²) in [5.41, 5.74) is 1.36. The summed E-state index contributed by atoms with van der Waals surface area (Å²) in [7, 11) is 1.71. The van der Waals surface area contributed by atoms with Gasteiger partial charge in [0.1, 0.15) is 5.75 Å². The van der Waals surface area contributed by atoms with Gasteiger partial charge in [-0.1, -0.05) is 12.1 Å². The number of thioether (sulfide) groups is 1. The standard InChI is InChI=1S/C22H38N4OS/c1-6-23-21(25-17-22(2,3)28-5)24-15-18-11-13-26(14-12-18)16-19-7-9-20(27-4)10-8-19/h7-10,18H,6,11-17H2,1-5H3,(H2,23,24,25). The van der Waals surface area contributed by atoms with Crippen LogP contribution in [0.1, 0.15) is 39.2 Å². The van der Waals surface area contributed by atoms with Crippen molar-refractivity contribution in [2.75, 3.05) is 46.1 Å². The maximum Gasteiger partial charge on any atom is 0.191 e. The largest absolute Gasteiger partial charge is 0.497 e. The molecule has 0 amide bonds. The highest BCUT2D eigenvalue weighted by Gasteiger charge is 2.20. The van der Waals surface area contributed by atoms with E-state index in [1.54, 1.807) is 7.11 Å². The minimum Gasteiger partial charge on any atom is -0.497 e. The van der Waals surface area contributed by atoms with Crippen LogP contribution in [0.3, 0.4) is 0 Å². The van der Waals surface area contributed by atoms with Crippen LogP contribution in [0.4, 0.5) is 0 Å². The number of rotatable bonds is 9. The van der Waals surface area contributed by atoms with Gasteiger partial charge in [-0.25, -0.2) is 0 Å². The van der Waals surface area contributed by atoms with Gasteiger partial charge in [0.2, 0.25) is 0 Å². The van der Waals surface area contributed by atoms with Crippen molar-refractivity contribution in [1.29, 1.82) is 0 Å². The van der Waals surface area contributed by atoms with Crippen LogP contribution in [-0.4, -0.2) is 61.7 Å². The maximum atomic E-state index is 5.24. The van der Waals surface area contributed by atoms with Gasteiger partial charge in [0.05, 0.1) is 13.7 Å². The lowest BCUT2D eigenvalue weighted by Gasteiger charge is -2.32. The Morgan fingerprint density at radius 3 is 2.46 bits per heavy atom. The molecule has 0 radical (unpaired) electrons. The summed E-state index contributed by atoms with van der Waals surface area (Å²) in [5.74, 6) is 2.59. The highest BCUT2D eigenvalue weighted by Crippen LogP contribution is 2.21. The quantitative estimate of drug-likeness (QED) is 0.485. The lowest BCUT2D eigenvalue weighted by molar-refractivity contribution is 0.178. The summed E-state index contributed by atoms with van der Waals surface area (Å²) < 4.78 is 5.42. The zero-order chi connectivity index (χ0) is 20.4. The van der Waals surface area contributed by atoms with Crippen molar-refractivity contribution in [3.05, 3.63) is 29.8 Å². The Hall–Kier alpha value is -1.40. The molecular formula is C22H38N4OS. The average molecular weight is 407 g/mol. The monoisotopic (exact) mass is 406 g/mol. The zero-order valence-electron chi connectivity index (χ0n) is 18.3. The second kappa shape index (κ2) is 11.6. The van der Waals surface area contributed by atoms with Crippen LogP contribution in [0.5, 0.6) is 5.75 Å². The fourth-order valence-corrected chi connectivity index (χ4v) is 3.45. The number of nitrogens with one attached hydrogen (secondary N) is 2. The van der Waals surface area contributed by atoms with E-state index in [2.05, 4.69) is 54.7 Å². The number of guanidine groups is 1. The Kier molecular flexibility index (Phi) is 9.45. The number of nitrogens with zero attached hydrogens (tertiary/aromatic N) is 2. The van der Waals surface area contributed by atoms with Crippen LogP contribution >= 0.6 is 11.8 Å². The third-order valence-corrected chi connectivity index (χ3v) is 6.58. The molecule has 6 heteroatoms. The Labute approximate surface area is 175 Å². The molecule has 0 spiro atoms. The van der Waals surface area contributed by atoms with E-state index in [0.717, 1.165) is 51.0 Å². The Morgan fingerprint density at radius 2 is 1.89 bits per heavy atom. The van der Waals surface area contributed by atoms with Gasteiger partial charge in [0, 0.05) is 24.4 Å². The zero-order valence-corrected chi connectivity index (χ0v) is 19.1. The third-order valence-electron chi connectivity index (χ3n) is 5.35. The van der Waals surface area contributed by atoms with Gasteiger partial charge in [0.15, 0.2) is 5.96 Å². The van der Waals surface area contributed by atoms with Crippen LogP contribution in [-0.2, 0) is 6.54 Å². The predicted molar refractivity (Wildman–Crippen MR) is 123 cm³/mol. The molecule has 1 saturated heterocycles. The van der Waals surface area contributed by atoms with Crippen LogP contribution in [0, 0.1) is 5.92 Å². The molecule has 0 aromatic heterocycles. The van der Waals surface area contributed by atoms with Gasteiger partial charge in [-0.15, -0.1) is 0 Å². The SMILES string of the molecule is CCNC(=NCC(C)(C)SC)NCC1CCN(Cc2ccc(OC)cc2)CC1. The molecular weight excluding hydrogens is 368 g/mol. The highest BCUT2D eigenvalue weighted by molar-refractivity contribution is 7.99. The fourth-order valence-electron chi connectivity index (χ4n) is 3.25. The summed E-state index contributed by atoms with van der Waals surface area (Å²) in [6.07, 6.45) is 4.62. The molecule has 1 heterocycles. The summed E-state index contributed by atoms with van der Waals surface area (Å²) in [4.78, 5) is 7.33. The molecule has 1 aromatic carbocycles. The second-order valence-corrected chi connectivity index (χ2v) is 9.62. The van der Waals surface area contributed by atoms with Crippen LogP contribution < -0.4 is 15.4 Å². The summed E-state index contributed by atoms with van der Waals surface area (Å²) in [6, 6.07) is 8.43. The Balaban J connectivity index is 1.75. The number of ether oxygens (including phenoxy) is 1. The van der Waals surface area contributed by atoms with E-state index in [-0.39, 0.29) is 4.75 Å². The Morgan fingerprint density at radius 1 is 1.21 bits per heavy atom. The first-order chi connectivity index (χ1) is 13.5.